The second-order valence-electron chi connectivity index (χ2n) is 9.66. The molecule has 0 bridgehead atoms. The molecule has 2 aliphatic heterocycles. The Morgan fingerprint density at radius 3 is 2.44 bits per heavy atom. The van der Waals surface area contributed by atoms with E-state index in [1.165, 1.54) is 0 Å². The third-order valence-electron chi connectivity index (χ3n) is 6.61. The average Bonchev–Trinajstić information content (AvgIpc) is 3.09. The fourth-order valence-electron chi connectivity index (χ4n) is 4.52. The third kappa shape index (κ3) is 7.07. The minimum absolute atomic E-state index is 0. The van der Waals surface area contributed by atoms with Gasteiger partial charge in [-0.05, 0) is 62.7 Å². The van der Waals surface area contributed by atoms with Gasteiger partial charge in [0.05, 0.1) is 0 Å². The number of unbranched alkanes of at least 4 members (excludes halogenated alkanes) is 1. The molecule has 3 amide bonds. The Labute approximate surface area is 215 Å². The fourth-order valence-corrected chi connectivity index (χ4v) is 4.52. The summed E-state index contributed by atoms with van der Waals surface area (Å²) in [5.74, 6) is -0.794. The van der Waals surface area contributed by atoms with E-state index in [2.05, 4.69) is 30.1 Å². The molecule has 5 N–H and O–H groups in total. The van der Waals surface area contributed by atoms with Crippen LogP contribution in [0, 0.1) is 5.41 Å². The minimum Gasteiger partial charge on any atom is -0.371 e. The molecule has 1 fully saturated rings. The number of hydrogen-bond acceptors (Lipinski definition) is 6. The number of carbonyl (C=O) groups is 3. The fraction of sp³-hybridized carbons (Fsp3) is 0.625. The molecule has 0 aromatic heterocycles. The van der Waals surface area contributed by atoms with Gasteiger partial charge < -0.3 is 21.3 Å². The zero-order valence-corrected chi connectivity index (χ0v) is 21.8. The summed E-state index contributed by atoms with van der Waals surface area (Å²) < 4.78 is 0. The number of carbonyl (C=O) groups excluding carboxylic acids is 3. The number of nitrogens with two attached hydrogens (primary N) is 2. The van der Waals surface area contributed by atoms with Crippen LogP contribution in [0.15, 0.2) is 18.2 Å². The number of benzene rings is 1. The third-order valence-corrected chi connectivity index (χ3v) is 6.61. The monoisotopic (exact) mass is 515 g/mol. The molecule has 2 heterocycles. The Morgan fingerprint density at radius 1 is 1.09 bits per heavy atom. The lowest BCUT2D eigenvalue weighted by Crippen LogP contribution is -2.52. The SMILES string of the molecule is CC(C)(CN)CCCN(CCCCN)c1cccc2c1CN(C1CCC(=O)NC1=O)C2=O.Cl.Cl. The summed E-state index contributed by atoms with van der Waals surface area (Å²) in [6, 6.07) is 5.22. The van der Waals surface area contributed by atoms with Gasteiger partial charge in [-0.25, -0.2) is 0 Å². The van der Waals surface area contributed by atoms with Crippen molar-refractivity contribution in [3.8, 4) is 0 Å². The van der Waals surface area contributed by atoms with Crippen LogP contribution in [0.1, 0.15) is 68.3 Å². The molecule has 0 aliphatic carbocycles. The molecule has 1 atom stereocenters. The summed E-state index contributed by atoms with van der Waals surface area (Å²) in [6.45, 7) is 7.79. The molecule has 0 radical (unpaired) electrons. The molecule has 1 unspecified atom stereocenters. The number of nitrogens with zero attached hydrogens (tertiary/aromatic N) is 2. The largest absolute Gasteiger partial charge is 0.371 e. The van der Waals surface area contributed by atoms with E-state index in [4.69, 9.17) is 11.5 Å². The second kappa shape index (κ2) is 13.3. The maximum Gasteiger partial charge on any atom is 0.255 e. The molecule has 0 spiro atoms. The van der Waals surface area contributed by atoms with E-state index in [9.17, 15) is 14.4 Å². The molecule has 192 valence electrons. The standard InChI is InChI=1S/C24H37N5O3.2ClH/c1-24(2,16-26)11-6-14-28(13-4-3-12-25)19-8-5-7-17-18(19)15-29(23(17)32)20-9-10-21(30)27-22(20)31;;/h5,7-8,20H,3-4,6,9-16,25-26H2,1-2H3,(H,27,30,31);2*1H. The van der Waals surface area contributed by atoms with Gasteiger partial charge in [-0.2, -0.15) is 0 Å². The van der Waals surface area contributed by atoms with E-state index < -0.39 is 6.04 Å². The smallest absolute Gasteiger partial charge is 0.255 e. The van der Waals surface area contributed by atoms with Gasteiger partial charge in [-0.15, -0.1) is 24.8 Å². The molecular weight excluding hydrogens is 477 g/mol. The van der Waals surface area contributed by atoms with Gasteiger partial charge in [0, 0.05) is 42.9 Å². The van der Waals surface area contributed by atoms with Crippen LogP contribution in [0.5, 0.6) is 0 Å². The zero-order chi connectivity index (χ0) is 23.3. The summed E-state index contributed by atoms with van der Waals surface area (Å²) in [4.78, 5) is 41.0. The number of rotatable bonds is 11. The number of fused-ring (bicyclic) bond motifs is 1. The van der Waals surface area contributed by atoms with Gasteiger partial charge >= 0.3 is 0 Å². The van der Waals surface area contributed by atoms with Gasteiger partial charge in [-0.3, -0.25) is 19.7 Å². The summed E-state index contributed by atoms with van der Waals surface area (Å²) in [5.41, 5.74) is 14.4. The van der Waals surface area contributed by atoms with Crippen molar-refractivity contribution >= 4 is 48.2 Å². The highest BCUT2D eigenvalue weighted by molar-refractivity contribution is 6.06. The van der Waals surface area contributed by atoms with Crippen molar-refractivity contribution in [2.45, 2.75) is 65.0 Å². The normalized spacial score (nSPS) is 17.6. The molecule has 0 saturated carbocycles. The predicted molar refractivity (Wildman–Crippen MR) is 140 cm³/mol. The number of hydrogen-bond donors (Lipinski definition) is 3. The van der Waals surface area contributed by atoms with E-state index in [-0.39, 0.29) is 54.4 Å². The van der Waals surface area contributed by atoms with Crippen LogP contribution in [0.25, 0.3) is 0 Å². The number of amides is 3. The predicted octanol–water partition coefficient (Wildman–Crippen LogP) is 2.60. The van der Waals surface area contributed by atoms with E-state index in [0.717, 1.165) is 50.0 Å². The highest BCUT2D eigenvalue weighted by Crippen LogP contribution is 2.34. The molecular formula is C24H39Cl2N5O3. The number of piperidine rings is 1. The van der Waals surface area contributed by atoms with E-state index in [0.29, 0.717) is 31.6 Å². The minimum atomic E-state index is -0.600. The van der Waals surface area contributed by atoms with Crippen LogP contribution in [0.3, 0.4) is 0 Å². The highest BCUT2D eigenvalue weighted by Gasteiger charge is 2.40. The van der Waals surface area contributed by atoms with Crippen LogP contribution in [-0.4, -0.2) is 54.8 Å². The average molecular weight is 517 g/mol. The van der Waals surface area contributed by atoms with E-state index in [1.54, 1.807) is 4.90 Å². The van der Waals surface area contributed by atoms with Crippen molar-refractivity contribution in [3.63, 3.8) is 0 Å². The maximum atomic E-state index is 13.2. The molecule has 3 rings (SSSR count). The van der Waals surface area contributed by atoms with Crippen LogP contribution >= 0.6 is 24.8 Å². The number of halogens is 2. The Hall–Kier alpha value is -1.87. The number of imide groups is 1. The Kier molecular flexibility index (Phi) is 11.8. The highest BCUT2D eigenvalue weighted by atomic mass is 35.5. The van der Waals surface area contributed by atoms with Crippen molar-refractivity contribution < 1.29 is 14.4 Å². The Bertz CT molecular complexity index is 865. The zero-order valence-electron chi connectivity index (χ0n) is 20.2. The van der Waals surface area contributed by atoms with Gasteiger partial charge in [0.2, 0.25) is 11.8 Å². The summed E-state index contributed by atoms with van der Waals surface area (Å²) >= 11 is 0. The second-order valence-corrected chi connectivity index (χ2v) is 9.66. The number of nitrogens with one attached hydrogen (secondary N) is 1. The molecule has 34 heavy (non-hydrogen) atoms. The molecule has 2 aliphatic rings. The lowest BCUT2D eigenvalue weighted by atomic mass is 9.88. The first kappa shape index (κ1) is 30.2. The topological polar surface area (TPSA) is 122 Å². The van der Waals surface area contributed by atoms with E-state index in [1.807, 2.05) is 12.1 Å². The van der Waals surface area contributed by atoms with E-state index >= 15 is 0 Å². The lowest BCUT2D eigenvalue weighted by molar-refractivity contribution is -0.136. The van der Waals surface area contributed by atoms with Crippen molar-refractivity contribution in [2.75, 3.05) is 31.1 Å². The van der Waals surface area contributed by atoms with Crippen molar-refractivity contribution in [1.82, 2.24) is 10.2 Å². The van der Waals surface area contributed by atoms with Crippen molar-refractivity contribution in [1.29, 1.82) is 0 Å². The summed E-state index contributed by atoms with van der Waals surface area (Å²) in [7, 11) is 0. The molecule has 1 aromatic carbocycles. The van der Waals surface area contributed by atoms with Crippen LogP contribution in [0.4, 0.5) is 5.69 Å². The first-order valence-corrected chi connectivity index (χ1v) is 11.7. The van der Waals surface area contributed by atoms with Crippen LogP contribution in [0.2, 0.25) is 0 Å². The molecule has 1 aromatic rings. The van der Waals surface area contributed by atoms with Gasteiger partial charge in [-0.1, -0.05) is 19.9 Å². The molecule has 1 saturated heterocycles. The first-order valence-electron chi connectivity index (χ1n) is 11.7. The van der Waals surface area contributed by atoms with Crippen molar-refractivity contribution in [2.24, 2.45) is 16.9 Å². The van der Waals surface area contributed by atoms with Crippen LogP contribution < -0.4 is 21.7 Å². The number of anilines is 1. The lowest BCUT2D eigenvalue weighted by Gasteiger charge is -2.31. The van der Waals surface area contributed by atoms with Gasteiger partial charge in [0.25, 0.3) is 5.91 Å². The van der Waals surface area contributed by atoms with Crippen molar-refractivity contribution in [3.05, 3.63) is 29.3 Å². The maximum absolute atomic E-state index is 13.2. The Balaban J connectivity index is 0.00000289. The quantitative estimate of drug-likeness (QED) is 0.307. The Morgan fingerprint density at radius 2 is 1.79 bits per heavy atom. The summed E-state index contributed by atoms with van der Waals surface area (Å²) in [5, 5.41) is 2.37. The van der Waals surface area contributed by atoms with Gasteiger partial charge in [0.15, 0.2) is 0 Å². The molecule has 10 heteroatoms. The van der Waals surface area contributed by atoms with Crippen LogP contribution in [-0.2, 0) is 16.1 Å². The van der Waals surface area contributed by atoms with Gasteiger partial charge in [0.1, 0.15) is 6.04 Å². The first-order chi connectivity index (χ1) is 15.3. The summed E-state index contributed by atoms with van der Waals surface area (Å²) in [6.07, 6.45) is 4.57. The molecule has 8 nitrogen and oxygen atoms in total.